The molecule has 5 rings (SSSR count). The number of nitrogens with one attached hydrogen (secondary N) is 2. The zero-order valence-corrected chi connectivity index (χ0v) is 20.8. The Morgan fingerprint density at radius 2 is 1.77 bits per heavy atom. The first kappa shape index (κ1) is 24.0. The number of hydrogen-bond donors (Lipinski definition) is 2. The molecule has 1 aliphatic carbocycles. The minimum Gasteiger partial charge on any atom is -0.367 e. The highest BCUT2D eigenvalue weighted by molar-refractivity contribution is 6.33. The van der Waals surface area contributed by atoms with E-state index in [9.17, 15) is 4.39 Å². The molecule has 0 spiro atoms. The minimum atomic E-state index is -0.241. The third kappa shape index (κ3) is 6.50. The third-order valence-electron chi connectivity index (χ3n) is 7.16. The molecule has 1 aliphatic heterocycles. The number of pyridine rings is 2. The van der Waals surface area contributed by atoms with E-state index < -0.39 is 0 Å². The summed E-state index contributed by atoms with van der Waals surface area (Å²) >= 11 is 6.52. The highest BCUT2D eigenvalue weighted by atomic mass is 35.5. The molecule has 0 radical (unpaired) electrons. The zero-order valence-electron chi connectivity index (χ0n) is 20.0. The molecule has 2 fully saturated rings. The van der Waals surface area contributed by atoms with E-state index in [1.54, 1.807) is 12.3 Å². The van der Waals surface area contributed by atoms with E-state index in [1.807, 2.05) is 30.3 Å². The lowest BCUT2D eigenvalue weighted by Gasteiger charge is -2.31. The van der Waals surface area contributed by atoms with Crippen LogP contribution in [0.5, 0.6) is 0 Å². The lowest BCUT2D eigenvalue weighted by molar-refractivity contribution is 0.228. The number of rotatable bonds is 8. The van der Waals surface area contributed by atoms with Crippen molar-refractivity contribution in [1.82, 2.24) is 14.9 Å². The summed E-state index contributed by atoms with van der Waals surface area (Å²) in [5.41, 5.74) is 2.49. The van der Waals surface area contributed by atoms with Crippen LogP contribution in [0.4, 0.5) is 16.0 Å². The second-order valence-corrected chi connectivity index (χ2v) is 10.2. The summed E-state index contributed by atoms with van der Waals surface area (Å²) in [5, 5.41) is 7.48. The van der Waals surface area contributed by atoms with Gasteiger partial charge in [0.2, 0.25) is 0 Å². The highest BCUT2D eigenvalue weighted by Gasteiger charge is 2.24. The molecule has 0 atom stereocenters. The fourth-order valence-electron chi connectivity index (χ4n) is 5.27. The second-order valence-electron chi connectivity index (χ2n) is 9.81. The third-order valence-corrected chi connectivity index (χ3v) is 7.46. The Hall–Kier alpha value is -2.70. The normalized spacial score (nSPS) is 20.6. The van der Waals surface area contributed by atoms with Gasteiger partial charge in [-0.2, -0.15) is 0 Å². The lowest BCUT2D eigenvalue weighted by atomic mass is 9.85. The Morgan fingerprint density at radius 3 is 2.57 bits per heavy atom. The average Bonchev–Trinajstić information content (AvgIpc) is 3.38. The molecular weight excluding hydrogens is 461 g/mol. The smallest absolute Gasteiger partial charge is 0.126 e. The van der Waals surface area contributed by atoms with Gasteiger partial charge in [0, 0.05) is 30.9 Å². The summed E-state index contributed by atoms with van der Waals surface area (Å²) in [6.45, 7) is 4.33. The number of nitrogens with zero attached hydrogens (tertiary/aromatic N) is 3. The standard InChI is InChI=1S/C28H33ClFN5/c29-25-18-32-28(33-23-11-9-20(10-12-23)19-35-13-1-2-14-35)16-24(25)26-7-4-8-27(34-26)31-17-21-5-3-6-22(30)15-21/h3-8,15-16,18,20,23H,1-2,9-14,17,19H2,(H,31,34)(H,32,33)/t20-,23-. The van der Waals surface area contributed by atoms with Gasteiger partial charge in [0.1, 0.15) is 17.5 Å². The van der Waals surface area contributed by atoms with Crippen molar-refractivity contribution < 1.29 is 4.39 Å². The van der Waals surface area contributed by atoms with Crippen LogP contribution in [0.1, 0.15) is 44.1 Å². The molecule has 2 aromatic heterocycles. The molecule has 0 bridgehead atoms. The summed E-state index contributed by atoms with van der Waals surface area (Å²) in [6, 6.07) is 14.8. The maximum absolute atomic E-state index is 13.5. The largest absolute Gasteiger partial charge is 0.367 e. The van der Waals surface area contributed by atoms with E-state index in [1.165, 1.54) is 70.3 Å². The summed E-state index contributed by atoms with van der Waals surface area (Å²) in [6.07, 6.45) is 9.33. The van der Waals surface area contributed by atoms with Gasteiger partial charge in [-0.15, -0.1) is 0 Å². The van der Waals surface area contributed by atoms with Crippen LogP contribution in [0.15, 0.2) is 54.7 Å². The van der Waals surface area contributed by atoms with Crippen LogP contribution in [-0.4, -0.2) is 40.5 Å². The van der Waals surface area contributed by atoms with Gasteiger partial charge in [0.25, 0.3) is 0 Å². The van der Waals surface area contributed by atoms with Gasteiger partial charge in [-0.25, -0.2) is 14.4 Å². The Labute approximate surface area is 212 Å². The van der Waals surface area contributed by atoms with Gasteiger partial charge < -0.3 is 15.5 Å². The first-order valence-electron chi connectivity index (χ1n) is 12.7. The number of anilines is 2. The molecule has 184 valence electrons. The first-order valence-corrected chi connectivity index (χ1v) is 13.1. The van der Waals surface area contributed by atoms with Crippen molar-refractivity contribution in [3.63, 3.8) is 0 Å². The monoisotopic (exact) mass is 493 g/mol. The predicted octanol–water partition coefficient (Wildman–Crippen LogP) is 6.61. The van der Waals surface area contributed by atoms with Gasteiger partial charge in [0.05, 0.1) is 10.7 Å². The van der Waals surface area contributed by atoms with Crippen molar-refractivity contribution in [2.45, 2.75) is 51.1 Å². The first-order chi connectivity index (χ1) is 17.1. The van der Waals surface area contributed by atoms with Crippen LogP contribution < -0.4 is 10.6 Å². The highest BCUT2D eigenvalue weighted by Crippen LogP contribution is 2.31. The van der Waals surface area contributed by atoms with Crippen molar-refractivity contribution in [2.24, 2.45) is 5.92 Å². The number of likely N-dealkylation sites (tertiary alicyclic amines) is 1. The lowest BCUT2D eigenvalue weighted by Crippen LogP contribution is -2.32. The molecule has 35 heavy (non-hydrogen) atoms. The summed E-state index contributed by atoms with van der Waals surface area (Å²) in [5.74, 6) is 2.14. The Kier molecular flexibility index (Phi) is 7.79. The molecule has 5 nitrogen and oxygen atoms in total. The van der Waals surface area contributed by atoms with Crippen LogP contribution in [-0.2, 0) is 6.54 Å². The quantitative estimate of drug-likeness (QED) is 0.369. The van der Waals surface area contributed by atoms with Gasteiger partial charge in [-0.05, 0) is 93.4 Å². The Morgan fingerprint density at radius 1 is 0.971 bits per heavy atom. The van der Waals surface area contributed by atoms with E-state index in [-0.39, 0.29) is 5.82 Å². The van der Waals surface area contributed by atoms with Crippen LogP contribution in [0.25, 0.3) is 11.3 Å². The number of aromatic nitrogens is 2. The van der Waals surface area contributed by atoms with Crippen molar-refractivity contribution in [3.05, 3.63) is 71.1 Å². The minimum absolute atomic E-state index is 0.241. The maximum atomic E-state index is 13.5. The van der Waals surface area contributed by atoms with Gasteiger partial charge >= 0.3 is 0 Å². The summed E-state index contributed by atoms with van der Waals surface area (Å²) in [4.78, 5) is 11.9. The topological polar surface area (TPSA) is 53.1 Å². The molecule has 3 heterocycles. The molecule has 1 saturated heterocycles. The number of hydrogen-bond acceptors (Lipinski definition) is 5. The summed E-state index contributed by atoms with van der Waals surface area (Å²) < 4.78 is 13.5. The second kappa shape index (κ2) is 11.4. The van der Waals surface area contributed by atoms with Crippen molar-refractivity contribution in [1.29, 1.82) is 0 Å². The molecule has 1 saturated carbocycles. The van der Waals surface area contributed by atoms with Crippen molar-refractivity contribution in [3.8, 4) is 11.3 Å². The van der Waals surface area contributed by atoms with E-state index >= 15 is 0 Å². The van der Waals surface area contributed by atoms with Crippen LogP contribution in [0, 0.1) is 11.7 Å². The molecular formula is C28H33ClFN5. The fourth-order valence-corrected chi connectivity index (χ4v) is 5.47. The molecule has 2 aliphatic rings. The molecule has 0 unspecified atom stereocenters. The fraction of sp³-hybridized carbons (Fsp3) is 0.429. The van der Waals surface area contributed by atoms with E-state index in [2.05, 4.69) is 20.5 Å². The Bertz CT molecular complexity index is 1130. The van der Waals surface area contributed by atoms with Crippen LogP contribution in [0.2, 0.25) is 5.02 Å². The Balaban J connectivity index is 1.20. The molecule has 3 aromatic rings. The molecule has 7 heteroatoms. The SMILES string of the molecule is Fc1cccc(CNc2cccc(-c3cc(N[C@H]4CC[C@H](CN5CCCC5)CC4)ncc3Cl)n2)c1. The number of benzene rings is 1. The van der Waals surface area contributed by atoms with Crippen molar-refractivity contribution >= 4 is 23.2 Å². The summed E-state index contributed by atoms with van der Waals surface area (Å²) in [7, 11) is 0. The maximum Gasteiger partial charge on any atom is 0.126 e. The van der Waals surface area contributed by atoms with E-state index in [0.29, 0.717) is 23.4 Å². The predicted molar refractivity (Wildman–Crippen MR) is 141 cm³/mol. The molecule has 2 N–H and O–H groups in total. The van der Waals surface area contributed by atoms with Gasteiger partial charge in [0.15, 0.2) is 0 Å². The van der Waals surface area contributed by atoms with E-state index in [0.717, 1.165) is 28.6 Å². The van der Waals surface area contributed by atoms with Gasteiger partial charge in [-0.3, -0.25) is 0 Å². The number of halogens is 2. The van der Waals surface area contributed by atoms with Crippen LogP contribution >= 0.6 is 11.6 Å². The van der Waals surface area contributed by atoms with Gasteiger partial charge in [-0.1, -0.05) is 29.8 Å². The van der Waals surface area contributed by atoms with Crippen LogP contribution in [0.3, 0.4) is 0 Å². The van der Waals surface area contributed by atoms with E-state index in [4.69, 9.17) is 16.6 Å². The van der Waals surface area contributed by atoms with Crippen molar-refractivity contribution in [2.75, 3.05) is 30.3 Å². The molecule has 0 amide bonds. The average molecular weight is 494 g/mol. The zero-order chi connectivity index (χ0) is 24.0. The molecule has 1 aromatic carbocycles.